The molecule has 0 atom stereocenters. The lowest BCUT2D eigenvalue weighted by molar-refractivity contribution is 0.251. The van der Waals surface area contributed by atoms with Crippen molar-refractivity contribution in [3.8, 4) is 5.75 Å². The van der Waals surface area contributed by atoms with Crippen LogP contribution in [0.2, 0.25) is 5.02 Å². The minimum absolute atomic E-state index is 0.475. The standard InChI is InChI=1S/C17H24ClNO/c18-15-11-13(16-14(12-15)4-10-20-16)3-7-17(8-9-19)5-1-2-6-17/h11-12H,1-10,19H2. The van der Waals surface area contributed by atoms with Crippen molar-refractivity contribution in [2.24, 2.45) is 11.1 Å². The van der Waals surface area contributed by atoms with Crippen LogP contribution in [0.3, 0.4) is 0 Å². The van der Waals surface area contributed by atoms with Crippen LogP contribution in [0.5, 0.6) is 5.75 Å². The highest BCUT2D eigenvalue weighted by Crippen LogP contribution is 2.45. The Labute approximate surface area is 126 Å². The van der Waals surface area contributed by atoms with E-state index in [0.29, 0.717) is 5.41 Å². The summed E-state index contributed by atoms with van der Waals surface area (Å²) in [7, 11) is 0. The summed E-state index contributed by atoms with van der Waals surface area (Å²) >= 11 is 6.24. The SMILES string of the molecule is NCCC1(CCc2cc(Cl)cc3c2OCC3)CCCC1. The lowest BCUT2D eigenvalue weighted by Crippen LogP contribution is -2.21. The van der Waals surface area contributed by atoms with Crippen LogP contribution in [0, 0.1) is 5.41 Å². The van der Waals surface area contributed by atoms with Gasteiger partial charge in [0.05, 0.1) is 6.61 Å². The zero-order chi connectivity index (χ0) is 14.0. The molecule has 0 radical (unpaired) electrons. The van der Waals surface area contributed by atoms with Crippen LogP contribution in [0.4, 0.5) is 0 Å². The summed E-state index contributed by atoms with van der Waals surface area (Å²) < 4.78 is 5.81. The summed E-state index contributed by atoms with van der Waals surface area (Å²) in [5, 5.41) is 0.851. The Morgan fingerprint density at radius 1 is 1.20 bits per heavy atom. The Hall–Kier alpha value is -0.730. The first-order valence-electron chi connectivity index (χ1n) is 7.87. The lowest BCUT2D eigenvalue weighted by atomic mass is 9.77. The first-order valence-corrected chi connectivity index (χ1v) is 8.24. The van der Waals surface area contributed by atoms with E-state index < -0.39 is 0 Å². The van der Waals surface area contributed by atoms with Crippen LogP contribution in [0.15, 0.2) is 12.1 Å². The summed E-state index contributed by atoms with van der Waals surface area (Å²) in [6, 6.07) is 4.15. The second-order valence-corrected chi connectivity index (χ2v) is 6.83. The third kappa shape index (κ3) is 2.82. The Morgan fingerprint density at radius 3 is 2.75 bits per heavy atom. The summed E-state index contributed by atoms with van der Waals surface area (Å²) in [6.45, 7) is 1.61. The van der Waals surface area contributed by atoms with Gasteiger partial charge in [0.1, 0.15) is 5.75 Å². The number of nitrogens with two attached hydrogens (primary N) is 1. The molecule has 3 rings (SSSR count). The molecule has 0 unspecified atom stereocenters. The predicted molar refractivity (Wildman–Crippen MR) is 83.5 cm³/mol. The molecule has 1 aliphatic carbocycles. The molecular formula is C17H24ClNO. The molecule has 0 amide bonds. The van der Waals surface area contributed by atoms with Gasteiger partial charge in [-0.25, -0.2) is 0 Å². The maximum Gasteiger partial charge on any atom is 0.125 e. The van der Waals surface area contributed by atoms with Gasteiger partial charge in [-0.3, -0.25) is 0 Å². The molecule has 1 aromatic carbocycles. The first-order chi connectivity index (χ1) is 9.72. The van der Waals surface area contributed by atoms with E-state index in [-0.39, 0.29) is 0 Å². The summed E-state index contributed by atoms with van der Waals surface area (Å²) in [5.41, 5.74) is 8.89. The van der Waals surface area contributed by atoms with Crippen molar-refractivity contribution < 1.29 is 4.74 Å². The topological polar surface area (TPSA) is 35.2 Å². The van der Waals surface area contributed by atoms with Gasteiger partial charge in [0, 0.05) is 11.4 Å². The molecule has 0 saturated heterocycles. The molecule has 0 aromatic heterocycles. The molecular weight excluding hydrogens is 270 g/mol. The fraction of sp³-hybridized carbons (Fsp3) is 0.647. The molecule has 2 N–H and O–H groups in total. The molecule has 1 fully saturated rings. The lowest BCUT2D eigenvalue weighted by Gasteiger charge is -2.29. The van der Waals surface area contributed by atoms with Gasteiger partial charge in [0.15, 0.2) is 0 Å². The zero-order valence-electron chi connectivity index (χ0n) is 12.1. The molecule has 110 valence electrons. The number of hydrogen-bond donors (Lipinski definition) is 1. The fourth-order valence-corrected chi connectivity index (χ4v) is 4.25. The Balaban J connectivity index is 1.75. The molecule has 1 aromatic rings. The third-order valence-electron chi connectivity index (χ3n) is 5.09. The number of hydrogen-bond acceptors (Lipinski definition) is 2. The van der Waals surface area contributed by atoms with Gasteiger partial charge in [-0.1, -0.05) is 24.4 Å². The fourth-order valence-electron chi connectivity index (χ4n) is 3.99. The van der Waals surface area contributed by atoms with E-state index >= 15 is 0 Å². The van der Waals surface area contributed by atoms with Crippen molar-refractivity contribution in [1.82, 2.24) is 0 Å². The molecule has 3 heteroatoms. The van der Waals surface area contributed by atoms with Crippen LogP contribution < -0.4 is 10.5 Å². The van der Waals surface area contributed by atoms with Crippen LogP contribution >= 0.6 is 11.6 Å². The predicted octanol–water partition coefficient (Wildman–Crippen LogP) is 4.12. The summed E-state index contributed by atoms with van der Waals surface area (Å²) in [5.74, 6) is 1.11. The smallest absolute Gasteiger partial charge is 0.125 e. The highest BCUT2D eigenvalue weighted by atomic mass is 35.5. The van der Waals surface area contributed by atoms with Crippen molar-refractivity contribution in [2.45, 2.75) is 51.4 Å². The quantitative estimate of drug-likeness (QED) is 0.886. The average Bonchev–Trinajstić information content (AvgIpc) is 3.06. The van der Waals surface area contributed by atoms with E-state index in [9.17, 15) is 0 Å². The van der Waals surface area contributed by atoms with Crippen LogP contribution in [-0.2, 0) is 12.8 Å². The minimum Gasteiger partial charge on any atom is -0.493 e. The monoisotopic (exact) mass is 293 g/mol. The van der Waals surface area contributed by atoms with Gasteiger partial charge in [-0.2, -0.15) is 0 Å². The average molecular weight is 294 g/mol. The molecule has 20 heavy (non-hydrogen) atoms. The van der Waals surface area contributed by atoms with Crippen LogP contribution in [-0.4, -0.2) is 13.2 Å². The summed E-state index contributed by atoms with van der Waals surface area (Å²) in [6.07, 6.45) is 9.87. The number of rotatable bonds is 5. The van der Waals surface area contributed by atoms with E-state index in [4.69, 9.17) is 22.1 Å². The van der Waals surface area contributed by atoms with Gasteiger partial charge in [-0.05, 0) is 67.3 Å². The largest absolute Gasteiger partial charge is 0.493 e. The van der Waals surface area contributed by atoms with E-state index in [2.05, 4.69) is 12.1 Å². The molecule has 1 saturated carbocycles. The number of halogens is 1. The second-order valence-electron chi connectivity index (χ2n) is 6.40. The summed E-state index contributed by atoms with van der Waals surface area (Å²) in [4.78, 5) is 0. The van der Waals surface area contributed by atoms with E-state index in [1.165, 1.54) is 43.2 Å². The normalized spacial score (nSPS) is 19.9. The van der Waals surface area contributed by atoms with Gasteiger partial charge in [0.25, 0.3) is 0 Å². The molecule has 1 heterocycles. The van der Waals surface area contributed by atoms with Crippen molar-refractivity contribution >= 4 is 11.6 Å². The Kier molecular flexibility index (Phi) is 4.23. The molecule has 1 aliphatic heterocycles. The molecule has 0 bridgehead atoms. The number of fused-ring (bicyclic) bond motifs is 1. The maximum absolute atomic E-state index is 6.24. The van der Waals surface area contributed by atoms with Crippen molar-refractivity contribution in [1.29, 1.82) is 0 Å². The third-order valence-corrected chi connectivity index (χ3v) is 5.31. The highest BCUT2D eigenvalue weighted by molar-refractivity contribution is 6.30. The highest BCUT2D eigenvalue weighted by Gasteiger charge is 2.33. The van der Waals surface area contributed by atoms with Crippen molar-refractivity contribution in [2.75, 3.05) is 13.2 Å². The van der Waals surface area contributed by atoms with Gasteiger partial charge in [-0.15, -0.1) is 0 Å². The van der Waals surface area contributed by atoms with E-state index in [0.717, 1.165) is 43.2 Å². The minimum atomic E-state index is 0.475. The Bertz CT molecular complexity index is 480. The van der Waals surface area contributed by atoms with Gasteiger partial charge in [0.2, 0.25) is 0 Å². The first kappa shape index (κ1) is 14.2. The molecule has 0 spiro atoms. The number of ether oxygens (including phenoxy) is 1. The van der Waals surface area contributed by atoms with E-state index in [1.54, 1.807) is 0 Å². The number of benzene rings is 1. The van der Waals surface area contributed by atoms with Crippen LogP contribution in [0.25, 0.3) is 0 Å². The second kappa shape index (κ2) is 5.95. The zero-order valence-corrected chi connectivity index (χ0v) is 12.8. The molecule has 2 aliphatic rings. The maximum atomic E-state index is 6.24. The van der Waals surface area contributed by atoms with Crippen LogP contribution in [0.1, 0.15) is 49.7 Å². The molecule has 2 nitrogen and oxygen atoms in total. The van der Waals surface area contributed by atoms with E-state index in [1.807, 2.05) is 0 Å². The Morgan fingerprint density at radius 2 is 2.00 bits per heavy atom. The van der Waals surface area contributed by atoms with Gasteiger partial charge >= 0.3 is 0 Å². The van der Waals surface area contributed by atoms with Crippen molar-refractivity contribution in [3.05, 3.63) is 28.3 Å². The van der Waals surface area contributed by atoms with Gasteiger partial charge < -0.3 is 10.5 Å². The number of aryl methyl sites for hydroxylation is 1. The van der Waals surface area contributed by atoms with Crippen molar-refractivity contribution in [3.63, 3.8) is 0 Å².